The van der Waals surface area contributed by atoms with Crippen LogP contribution in [0.4, 0.5) is 0 Å². The standard InChI is InChI=1S/C12H20Cl2O5/c1-5-11(13,19-8-4)12(14,9(15)17-6-2)10(16)18-7-3/h5-8H2,1-4H3. The maximum absolute atomic E-state index is 12.0. The molecule has 0 aliphatic carbocycles. The van der Waals surface area contributed by atoms with E-state index in [0.717, 1.165) is 0 Å². The van der Waals surface area contributed by atoms with Crippen molar-refractivity contribution in [3.05, 3.63) is 0 Å². The average Bonchev–Trinajstić information content (AvgIpc) is 2.38. The third-order valence-corrected chi connectivity index (χ3v) is 3.83. The van der Waals surface area contributed by atoms with Crippen LogP contribution in [0.1, 0.15) is 34.1 Å². The number of hydrogen-bond acceptors (Lipinski definition) is 5. The molecule has 0 saturated carbocycles. The Morgan fingerprint density at radius 2 is 1.32 bits per heavy atom. The second-order valence-corrected chi connectivity index (χ2v) is 4.79. The molecule has 0 heterocycles. The lowest BCUT2D eigenvalue weighted by molar-refractivity contribution is -0.168. The molecule has 0 radical (unpaired) electrons. The second-order valence-electron chi connectivity index (χ2n) is 3.61. The molecule has 0 aromatic rings. The molecule has 0 aromatic heterocycles. The van der Waals surface area contributed by atoms with Crippen LogP contribution in [0.25, 0.3) is 0 Å². The van der Waals surface area contributed by atoms with Gasteiger partial charge in [0.2, 0.25) is 0 Å². The van der Waals surface area contributed by atoms with Crippen molar-refractivity contribution < 1.29 is 23.8 Å². The summed E-state index contributed by atoms with van der Waals surface area (Å²) in [7, 11) is 0. The van der Waals surface area contributed by atoms with E-state index >= 15 is 0 Å². The molecule has 0 rings (SSSR count). The van der Waals surface area contributed by atoms with Gasteiger partial charge in [-0.15, -0.1) is 0 Å². The number of halogens is 2. The zero-order valence-corrected chi connectivity index (χ0v) is 13.1. The zero-order chi connectivity index (χ0) is 15.1. The van der Waals surface area contributed by atoms with Gasteiger partial charge in [-0.25, -0.2) is 9.59 Å². The minimum absolute atomic E-state index is 0.0650. The van der Waals surface area contributed by atoms with Crippen molar-refractivity contribution in [2.75, 3.05) is 19.8 Å². The number of ether oxygens (including phenoxy) is 3. The van der Waals surface area contributed by atoms with Crippen LogP contribution in [0, 0.1) is 0 Å². The largest absolute Gasteiger partial charge is 0.464 e. The number of carbonyl (C=O) groups is 2. The first kappa shape index (κ1) is 18.5. The Morgan fingerprint density at radius 1 is 0.895 bits per heavy atom. The summed E-state index contributed by atoms with van der Waals surface area (Å²) in [5.74, 6) is -1.94. The van der Waals surface area contributed by atoms with E-state index in [0.29, 0.717) is 0 Å². The van der Waals surface area contributed by atoms with Gasteiger partial charge < -0.3 is 14.2 Å². The van der Waals surface area contributed by atoms with Gasteiger partial charge in [0.25, 0.3) is 4.87 Å². The highest BCUT2D eigenvalue weighted by molar-refractivity contribution is 6.50. The molecule has 19 heavy (non-hydrogen) atoms. The van der Waals surface area contributed by atoms with Gasteiger partial charge in [0, 0.05) is 6.61 Å². The van der Waals surface area contributed by atoms with Crippen LogP contribution in [-0.2, 0) is 23.8 Å². The summed E-state index contributed by atoms with van der Waals surface area (Å²) < 4.78 is 15.0. The first-order valence-corrected chi connectivity index (χ1v) is 6.95. The van der Waals surface area contributed by atoms with E-state index in [2.05, 4.69) is 0 Å². The van der Waals surface area contributed by atoms with Gasteiger partial charge in [-0.05, 0) is 27.2 Å². The Bertz CT molecular complexity index is 303. The molecule has 1 unspecified atom stereocenters. The van der Waals surface area contributed by atoms with Crippen molar-refractivity contribution in [2.24, 2.45) is 0 Å². The van der Waals surface area contributed by atoms with E-state index in [9.17, 15) is 9.59 Å². The van der Waals surface area contributed by atoms with Gasteiger partial charge in [0.15, 0.2) is 5.06 Å². The quantitative estimate of drug-likeness (QED) is 0.391. The summed E-state index contributed by atoms with van der Waals surface area (Å²) in [6.45, 7) is 6.85. The molecule has 0 aliphatic rings. The number of hydrogen-bond donors (Lipinski definition) is 0. The minimum Gasteiger partial charge on any atom is -0.464 e. The SMILES string of the molecule is CCOC(=O)C(Cl)(C(=O)OCC)C(Cl)(CC)OCC. The monoisotopic (exact) mass is 314 g/mol. The van der Waals surface area contributed by atoms with Crippen LogP contribution in [-0.4, -0.2) is 41.7 Å². The summed E-state index contributed by atoms with van der Waals surface area (Å²) >= 11 is 12.4. The summed E-state index contributed by atoms with van der Waals surface area (Å²) in [5.41, 5.74) is 0. The van der Waals surface area contributed by atoms with Crippen molar-refractivity contribution >= 4 is 35.1 Å². The maximum atomic E-state index is 12.0. The molecule has 0 saturated heterocycles. The Kier molecular flexibility index (Phi) is 7.71. The molecule has 112 valence electrons. The number of carbonyl (C=O) groups excluding carboxylic acids is 2. The van der Waals surface area contributed by atoms with Gasteiger partial charge in [0.1, 0.15) is 0 Å². The molecule has 0 amide bonds. The fourth-order valence-electron chi connectivity index (χ4n) is 1.52. The van der Waals surface area contributed by atoms with Crippen LogP contribution < -0.4 is 0 Å². The smallest absolute Gasteiger partial charge is 0.343 e. The molecule has 7 heteroatoms. The van der Waals surface area contributed by atoms with E-state index in [4.69, 9.17) is 37.4 Å². The topological polar surface area (TPSA) is 61.8 Å². The second kappa shape index (κ2) is 7.92. The normalized spacial score (nSPS) is 14.6. The minimum atomic E-state index is -2.23. The zero-order valence-electron chi connectivity index (χ0n) is 11.6. The van der Waals surface area contributed by atoms with E-state index in [1.165, 1.54) is 0 Å². The highest BCUT2D eigenvalue weighted by Gasteiger charge is 2.63. The molecule has 0 spiro atoms. The molecular weight excluding hydrogens is 295 g/mol. The van der Waals surface area contributed by atoms with Crippen LogP contribution >= 0.6 is 23.2 Å². The number of rotatable bonds is 8. The van der Waals surface area contributed by atoms with Crippen molar-refractivity contribution in [1.82, 2.24) is 0 Å². The van der Waals surface area contributed by atoms with Gasteiger partial charge in [-0.3, -0.25) is 0 Å². The predicted molar refractivity (Wildman–Crippen MR) is 72.4 cm³/mol. The van der Waals surface area contributed by atoms with Crippen LogP contribution in [0.5, 0.6) is 0 Å². The highest BCUT2D eigenvalue weighted by Crippen LogP contribution is 2.41. The van der Waals surface area contributed by atoms with Crippen molar-refractivity contribution in [3.8, 4) is 0 Å². The van der Waals surface area contributed by atoms with Crippen LogP contribution in [0.3, 0.4) is 0 Å². The fourth-order valence-corrected chi connectivity index (χ4v) is 2.08. The Morgan fingerprint density at radius 3 is 1.58 bits per heavy atom. The van der Waals surface area contributed by atoms with Crippen molar-refractivity contribution in [3.63, 3.8) is 0 Å². The molecular formula is C12H20Cl2O5. The van der Waals surface area contributed by atoms with Gasteiger partial charge in [-0.1, -0.05) is 30.1 Å². The fraction of sp³-hybridized carbons (Fsp3) is 0.833. The predicted octanol–water partition coefficient (Wildman–Crippen LogP) is 2.47. The van der Waals surface area contributed by atoms with E-state index < -0.39 is 21.9 Å². The highest BCUT2D eigenvalue weighted by atomic mass is 35.5. The third kappa shape index (κ3) is 3.74. The van der Waals surface area contributed by atoms with Crippen LogP contribution in [0.2, 0.25) is 0 Å². The Hall–Kier alpha value is -0.520. The molecule has 1 atom stereocenters. The van der Waals surface area contributed by atoms with Crippen LogP contribution in [0.15, 0.2) is 0 Å². The lowest BCUT2D eigenvalue weighted by Crippen LogP contribution is -2.59. The summed E-state index contributed by atoms with van der Waals surface area (Å²) in [4.78, 5) is 21.9. The van der Waals surface area contributed by atoms with Gasteiger partial charge >= 0.3 is 11.9 Å². The van der Waals surface area contributed by atoms with E-state index in [-0.39, 0.29) is 26.2 Å². The number of esters is 2. The molecule has 0 aliphatic heterocycles. The van der Waals surface area contributed by atoms with E-state index in [1.807, 2.05) is 0 Å². The van der Waals surface area contributed by atoms with E-state index in [1.54, 1.807) is 27.7 Å². The molecule has 5 nitrogen and oxygen atoms in total. The average molecular weight is 315 g/mol. The van der Waals surface area contributed by atoms with Gasteiger partial charge in [0.05, 0.1) is 13.2 Å². The first-order chi connectivity index (χ1) is 8.83. The summed E-state index contributed by atoms with van der Waals surface area (Å²) in [5, 5.41) is -1.72. The molecule has 0 aromatic carbocycles. The summed E-state index contributed by atoms with van der Waals surface area (Å²) in [6.07, 6.45) is 0.128. The Labute approximate surface area is 123 Å². The third-order valence-electron chi connectivity index (χ3n) is 2.46. The lowest BCUT2D eigenvalue weighted by Gasteiger charge is -2.37. The summed E-state index contributed by atoms with van der Waals surface area (Å²) in [6, 6.07) is 0. The van der Waals surface area contributed by atoms with Gasteiger partial charge in [-0.2, -0.15) is 0 Å². The molecule has 0 fully saturated rings. The lowest BCUT2D eigenvalue weighted by atomic mass is 9.98. The molecule has 0 bridgehead atoms. The van der Waals surface area contributed by atoms with Crippen molar-refractivity contribution in [2.45, 2.75) is 44.1 Å². The molecule has 0 N–H and O–H groups in total. The first-order valence-electron chi connectivity index (χ1n) is 6.20. The van der Waals surface area contributed by atoms with Crippen molar-refractivity contribution in [1.29, 1.82) is 0 Å². The number of alkyl halides is 2. The Balaban J connectivity index is 5.59. The maximum Gasteiger partial charge on any atom is 0.343 e.